The van der Waals surface area contributed by atoms with Crippen LogP contribution in [0.3, 0.4) is 0 Å². The van der Waals surface area contributed by atoms with Crippen LogP contribution in [0.25, 0.3) is 0 Å². The molecule has 3 nitrogen and oxygen atoms in total. The van der Waals surface area contributed by atoms with Crippen LogP contribution in [-0.4, -0.2) is 12.5 Å². The van der Waals surface area contributed by atoms with E-state index in [-0.39, 0.29) is 18.5 Å². The lowest BCUT2D eigenvalue weighted by Crippen LogP contribution is -2.34. The first kappa shape index (κ1) is 13.0. The van der Waals surface area contributed by atoms with Crippen LogP contribution in [0.4, 0.5) is 0 Å². The molecule has 0 aliphatic heterocycles. The highest BCUT2D eigenvalue weighted by Gasteiger charge is 2.15. The fourth-order valence-electron chi connectivity index (χ4n) is 1.62. The van der Waals surface area contributed by atoms with Crippen LogP contribution in [0, 0.1) is 5.92 Å². The minimum Gasteiger partial charge on any atom is -0.369 e. The Bertz CT molecular complexity index is 349. The molecule has 0 aliphatic carbocycles. The van der Waals surface area contributed by atoms with Gasteiger partial charge in [0.2, 0.25) is 5.91 Å². The molecule has 0 aromatic heterocycles. The van der Waals surface area contributed by atoms with Gasteiger partial charge in [0.25, 0.3) is 0 Å². The zero-order chi connectivity index (χ0) is 12.1. The van der Waals surface area contributed by atoms with E-state index in [1.54, 1.807) is 0 Å². The summed E-state index contributed by atoms with van der Waals surface area (Å²) in [7, 11) is 0. The molecule has 0 heterocycles. The summed E-state index contributed by atoms with van der Waals surface area (Å²) in [6.45, 7) is 4.37. The van der Waals surface area contributed by atoms with Gasteiger partial charge in [0.1, 0.15) is 0 Å². The molecule has 16 heavy (non-hydrogen) atoms. The Balaban J connectivity index is 2.77. The highest BCUT2D eigenvalue weighted by Crippen LogP contribution is 2.22. The average molecular weight is 241 g/mol. The third kappa shape index (κ3) is 3.83. The first-order valence-electron chi connectivity index (χ1n) is 5.28. The summed E-state index contributed by atoms with van der Waals surface area (Å²) >= 11 is 5.83. The standard InChI is InChI=1S/C12H17ClN2O/c1-8(2)12(15-7-11(14)16)9-3-5-10(13)6-4-9/h3-6,8,12,15H,7H2,1-2H3,(H2,14,16)/t12-/m0/s1. The van der Waals surface area contributed by atoms with Crippen molar-refractivity contribution in [2.24, 2.45) is 11.7 Å². The molecule has 88 valence electrons. The van der Waals surface area contributed by atoms with E-state index in [1.165, 1.54) is 0 Å². The molecule has 0 unspecified atom stereocenters. The molecule has 1 aromatic rings. The summed E-state index contributed by atoms with van der Waals surface area (Å²) in [5.74, 6) is 0.0279. The van der Waals surface area contributed by atoms with Gasteiger partial charge in [0.05, 0.1) is 6.54 Å². The molecule has 1 aromatic carbocycles. The van der Waals surface area contributed by atoms with Gasteiger partial charge in [-0.15, -0.1) is 0 Å². The number of benzene rings is 1. The van der Waals surface area contributed by atoms with Gasteiger partial charge in [0.15, 0.2) is 0 Å². The molecule has 0 radical (unpaired) electrons. The summed E-state index contributed by atoms with van der Waals surface area (Å²) in [6.07, 6.45) is 0. The molecule has 4 heteroatoms. The lowest BCUT2D eigenvalue weighted by Gasteiger charge is -2.22. The second-order valence-corrected chi connectivity index (χ2v) is 4.56. The van der Waals surface area contributed by atoms with Gasteiger partial charge in [-0.25, -0.2) is 0 Å². The van der Waals surface area contributed by atoms with Crippen molar-refractivity contribution in [3.05, 3.63) is 34.9 Å². The van der Waals surface area contributed by atoms with Crippen LogP contribution < -0.4 is 11.1 Å². The zero-order valence-electron chi connectivity index (χ0n) is 9.53. The van der Waals surface area contributed by atoms with E-state index in [4.69, 9.17) is 17.3 Å². The predicted molar refractivity (Wildman–Crippen MR) is 66.2 cm³/mol. The van der Waals surface area contributed by atoms with Gasteiger partial charge in [0, 0.05) is 11.1 Å². The van der Waals surface area contributed by atoms with Crippen LogP contribution in [0.1, 0.15) is 25.5 Å². The molecule has 1 atom stereocenters. The number of carbonyl (C=O) groups excluding carboxylic acids is 1. The lowest BCUT2D eigenvalue weighted by atomic mass is 9.96. The molecule has 0 aliphatic rings. The van der Waals surface area contributed by atoms with Crippen LogP contribution in [-0.2, 0) is 4.79 Å². The molecule has 1 amide bonds. The minimum atomic E-state index is -0.348. The van der Waals surface area contributed by atoms with Crippen molar-refractivity contribution in [2.75, 3.05) is 6.54 Å². The number of hydrogen-bond donors (Lipinski definition) is 2. The number of rotatable bonds is 5. The molecule has 1 rings (SSSR count). The van der Waals surface area contributed by atoms with Gasteiger partial charge in [-0.3, -0.25) is 4.79 Å². The Hall–Kier alpha value is -1.06. The SMILES string of the molecule is CC(C)[C@H](NCC(N)=O)c1ccc(Cl)cc1. The summed E-state index contributed by atoms with van der Waals surface area (Å²) in [5.41, 5.74) is 6.23. The number of nitrogens with two attached hydrogens (primary N) is 1. The first-order chi connectivity index (χ1) is 7.50. The molecule has 3 N–H and O–H groups in total. The van der Waals surface area contributed by atoms with E-state index >= 15 is 0 Å². The van der Waals surface area contributed by atoms with Gasteiger partial charge in [-0.2, -0.15) is 0 Å². The van der Waals surface area contributed by atoms with Crippen molar-refractivity contribution in [2.45, 2.75) is 19.9 Å². The van der Waals surface area contributed by atoms with E-state index in [1.807, 2.05) is 24.3 Å². The number of amides is 1. The van der Waals surface area contributed by atoms with Crippen LogP contribution in [0.5, 0.6) is 0 Å². The second-order valence-electron chi connectivity index (χ2n) is 4.12. The third-order valence-corrected chi connectivity index (χ3v) is 2.64. The fourth-order valence-corrected chi connectivity index (χ4v) is 1.75. The second kappa shape index (κ2) is 5.87. The fraction of sp³-hybridized carbons (Fsp3) is 0.417. The lowest BCUT2D eigenvalue weighted by molar-refractivity contribution is -0.117. The van der Waals surface area contributed by atoms with E-state index in [0.29, 0.717) is 10.9 Å². The number of carbonyl (C=O) groups is 1. The maximum absolute atomic E-state index is 10.8. The maximum Gasteiger partial charge on any atom is 0.231 e. The Labute approximate surface area is 101 Å². The van der Waals surface area contributed by atoms with E-state index in [0.717, 1.165) is 5.56 Å². The molecule has 0 saturated heterocycles. The molecule has 0 bridgehead atoms. The Morgan fingerprint density at radius 3 is 2.38 bits per heavy atom. The first-order valence-corrected chi connectivity index (χ1v) is 5.65. The van der Waals surface area contributed by atoms with E-state index < -0.39 is 0 Å². The highest BCUT2D eigenvalue weighted by molar-refractivity contribution is 6.30. The topological polar surface area (TPSA) is 55.1 Å². The number of halogens is 1. The molecular formula is C12H17ClN2O. The van der Waals surface area contributed by atoms with Gasteiger partial charge < -0.3 is 11.1 Å². The Morgan fingerprint density at radius 1 is 1.38 bits per heavy atom. The zero-order valence-corrected chi connectivity index (χ0v) is 10.3. The van der Waals surface area contributed by atoms with Crippen molar-refractivity contribution >= 4 is 17.5 Å². The van der Waals surface area contributed by atoms with Crippen LogP contribution in [0.2, 0.25) is 5.02 Å². The van der Waals surface area contributed by atoms with E-state index in [2.05, 4.69) is 19.2 Å². The van der Waals surface area contributed by atoms with Crippen molar-refractivity contribution in [1.29, 1.82) is 0 Å². The third-order valence-electron chi connectivity index (χ3n) is 2.39. The predicted octanol–water partition coefficient (Wildman–Crippen LogP) is 2.11. The molecule has 0 saturated carbocycles. The molecule has 0 fully saturated rings. The molecule has 0 spiro atoms. The minimum absolute atomic E-state index is 0.116. The van der Waals surface area contributed by atoms with Gasteiger partial charge >= 0.3 is 0 Å². The Morgan fingerprint density at radius 2 is 1.94 bits per heavy atom. The maximum atomic E-state index is 10.8. The van der Waals surface area contributed by atoms with Gasteiger partial charge in [-0.1, -0.05) is 37.6 Å². The van der Waals surface area contributed by atoms with Crippen LogP contribution >= 0.6 is 11.6 Å². The Kier molecular flexibility index (Phi) is 4.77. The summed E-state index contributed by atoms with van der Waals surface area (Å²) in [4.78, 5) is 10.8. The van der Waals surface area contributed by atoms with Crippen molar-refractivity contribution in [3.63, 3.8) is 0 Å². The van der Waals surface area contributed by atoms with Crippen molar-refractivity contribution in [1.82, 2.24) is 5.32 Å². The summed E-state index contributed by atoms with van der Waals surface area (Å²) in [6, 6.07) is 7.73. The van der Waals surface area contributed by atoms with Crippen molar-refractivity contribution in [3.8, 4) is 0 Å². The normalized spacial score (nSPS) is 12.8. The van der Waals surface area contributed by atoms with E-state index in [9.17, 15) is 4.79 Å². The number of nitrogens with one attached hydrogen (secondary N) is 1. The smallest absolute Gasteiger partial charge is 0.231 e. The van der Waals surface area contributed by atoms with Crippen molar-refractivity contribution < 1.29 is 4.79 Å². The quantitative estimate of drug-likeness (QED) is 0.828. The monoisotopic (exact) mass is 240 g/mol. The summed E-state index contributed by atoms with van der Waals surface area (Å²) in [5, 5.41) is 3.85. The average Bonchev–Trinajstić information content (AvgIpc) is 2.20. The highest BCUT2D eigenvalue weighted by atomic mass is 35.5. The largest absolute Gasteiger partial charge is 0.369 e. The molecular weight excluding hydrogens is 224 g/mol. The summed E-state index contributed by atoms with van der Waals surface area (Å²) < 4.78 is 0. The number of primary amides is 1. The number of hydrogen-bond acceptors (Lipinski definition) is 2. The van der Waals surface area contributed by atoms with Crippen LogP contribution in [0.15, 0.2) is 24.3 Å². The van der Waals surface area contributed by atoms with Gasteiger partial charge in [-0.05, 0) is 23.6 Å².